The minimum absolute atomic E-state index is 0.122. The average Bonchev–Trinajstić information content (AvgIpc) is 2.41. The third kappa shape index (κ3) is 3.49. The third-order valence-corrected chi connectivity index (χ3v) is 3.79. The summed E-state index contributed by atoms with van der Waals surface area (Å²) in [6, 6.07) is 7.50. The summed E-state index contributed by atoms with van der Waals surface area (Å²) in [4.78, 5) is 11.2. The Labute approximate surface area is 118 Å². The summed E-state index contributed by atoms with van der Waals surface area (Å²) < 4.78 is 5.83. The zero-order valence-electron chi connectivity index (χ0n) is 11.4. The van der Waals surface area contributed by atoms with Gasteiger partial charge in [0.25, 0.3) is 0 Å². The molecular formula is C15H21NO4. The van der Waals surface area contributed by atoms with Crippen molar-refractivity contribution < 1.29 is 19.7 Å². The molecule has 4 N–H and O–H groups in total. The molecule has 5 heteroatoms. The average molecular weight is 279 g/mol. The van der Waals surface area contributed by atoms with E-state index in [1.807, 2.05) is 24.3 Å². The number of carbonyl (C=O) groups is 1. The summed E-state index contributed by atoms with van der Waals surface area (Å²) in [7, 11) is 0. The molecule has 110 valence electrons. The van der Waals surface area contributed by atoms with Crippen LogP contribution in [0.2, 0.25) is 0 Å². The van der Waals surface area contributed by atoms with E-state index in [1.54, 1.807) is 0 Å². The third-order valence-electron chi connectivity index (χ3n) is 3.79. The SMILES string of the molecule is NC1(C(=O)O)CCCC(Oc2ccc(CCO)cc2)C1. The van der Waals surface area contributed by atoms with Crippen LogP contribution in [0.5, 0.6) is 5.75 Å². The Kier molecular flexibility index (Phi) is 4.62. The highest BCUT2D eigenvalue weighted by atomic mass is 16.5. The molecule has 1 aliphatic rings. The van der Waals surface area contributed by atoms with Crippen molar-refractivity contribution in [1.82, 2.24) is 0 Å². The van der Waals surface area contributed by atoms with Gasteiger partial charge in [0, 0.05) is 13.0 Å². The molecule has 20 heavy (non-hydrogen) atoms. The molecule has 2 unspecified atom stereocenters. The number of hydrogen-bond acceptors (Lipinski definition) is 4. The Morgan fingerprint density at radius 2 is 2.10 bits per heavy atom. The fourth-order valence-electron chi connectivity index (χ4n) is 2.61. The van der Waals surface area contributed by atoms with Gasteiger partial charge in [0.2, 0.25) is 0 Å². The molecule has 2 atom stereocenters. The number of rotatable bonds is 5. The number of aliphatic hydroxyl groups is 1. The lowest BCUT2D eigenvalue weighted by atomic mass is 9.81. The van der Waals surface area contributed by atoms with Crippen LogP contribution in [0.15, 0.2) is 24.3 Å². The maximum absolute atomic E-state index is 11.2. The van der Waals surface area contributed by atoms with E-state index in [-0.39, 0.29) is 12.7 Å². The summed E-state index contributed by atoms with van der Waals surface area (Å²) in [5.41, 5.74) is 5.78. The molecule has 0 spiro atoms. The Morgan fingerprint density at radius 3 is 2.70 bits per heavy atom. The lowest BCUT2D eigenvalue weighted by molar-refractivity contribution is -0.145. The molecule has 0 radical (unpaired) electrons. The van der Waals surface area contributed by atoms with Crippen LogP contribution in [0.1, 0.15) is 31.2 Å². The highest BCUT2D eigenvalue weighted by molar-refractivity contribution is 5.78. The van der Waals surface area contributed by atoms with Crippen LogP contribution in [0, 0.1) is 0 Å². The van der Waals surface area contributed by atoms with E-state index in [1.165, 1.54) is 0 Å². The second kappa shape index (κ2) is 6.24. The molecule has 1 aromatic carbocycles. The first kappa shape index (κ1) is 14.8. The predicted molar refractivity (Wildman–Crippen MR) is 74.7 cm³/mol. The van der Waals surface area contributed by atoms with Crippen molar-refractivity contribution in [3.05, 3.63) is 29.8 Å². The Hall–Kier alpha value is -1.59. The van der Waals surface area contributed by atoms with Crippen LogP contribution in [0.3, 0.4) is 0 Å². The van der Waals surface area contributed by atoms with Gasteiger partial charge in [-0.05, 0) is 43.4 Å². The molecule has 0 saturated heterocycles. The number of hydrogen-bond donors (Lipinski definition) is 3. The first-order chi connectivity index (χ1) is 9.53. The number of carboxylic acid groups (broad SMARTS) is 1. The Bertz CT molecular complexity index is 459. The van der Waals surface area contributed by atoms with Crippen molar-refractivity contribution in [2.45, 2.75) is 43.7 Å². The Balaban J connectivity index is 1.97. The summed E-state index contributed by atoms with van der Waals surface area (Å²) in [5, 5.41) is 18.0. The van der Waals surface area contributed by atoms with Gasteiger partial charge in [0.05, 0.1) is 0 Å². The minimum atomic E-state index is -1.17. The van der Waals surface area contributed by atoms with Crippen LogP contribution in [0.25, 0.3) is 0 Å². The van der Waals surface area contributed by atoms with Gasteiger partial charge in [-0.25, -0.2) is 0 Å². The molecule has 0 heterocycles. The molecule has 1 saturated carbocycles. The van der Waals surface area contributed by atoms with Crippen LogP contribution in [-0.4, -0.2) is 34.4 Å². The molecule has 0 amide bonds. The van der Waals surface area contributed by atoms with E-state index in [2.05, 4.69) is 0 Å². The van der Waals surface area contributed by atoms with Crippen LogP contribution in [-0.2, 0) is 11.2 Å². The zero-order valence-corrected chi connectivity index (χ0v) is 11.4. The smallest absolute Gasteiger partial charge is 0.323 e. The van der Waals surface area contributed by atoms with Gasteiger partial charge in [-0.2, -0.15) is 0 Å². The quantitative estimate of drug-likeness (QED) is 0.756. The molecule has 1 fully saturated rings. The number of aliphatic carboxylic acids is 1. The van der Waals surface area contributed by atoms with Crippen molar-refractivity contribution in [3.63, 3.8) is 0 Å². The maximum Gasteiger partial charge on any atom is 0.323 e. The van der Waals surface area contributed by atoms with E-state index in [0.29, 0.717) is 25.0 Å². The van der Waals surface area contributed by atoms with Crippen LogP contribution < -0.4 is 10.5 Å². The molecule has 0 aliphatic heterocycles. The Morgan fingerprint density at radius 1 is 1.40 bits per heavy atom. The van der Waals surface area contributed by atoms with Gasteiger partial charge in [-0.15, -0.1) is 0 Å². The fourth-order valence-corrected chi connectivity index (χ4v) is 2.61. The van der Waals surface area contributed by atoms with Gasteiger partial charge in [-0.1, -0.05) is 12.1 Å². The predicted octanol–water partition coefficient (Wildman–Crippen LogP) is 1.32. The second-order valence-corrected chi connectivity index (χ2v) is 5.42. The molecule has 1 aromatic rings. The lowest BCUT2D eigenvalue weighted by Crippen LogP contribution is -2.53. The number of ether oxygens (including phenoxy) is 1. The van der Waals surface area contributed by atoms with Gasteiger partial charge in [0.15, 0.2) is 0 Å². The minimum Gasteiger partial charge on any atom is -0.490 e. The number of nitrogens with two attached hydrogens (primary N) is 1. The molecular weight excluding hydrogens is 258 g/mol. The van der Waals surface area contributed by atoms with E-state index in [0.717, 1.165) is 18.4 Å². The van der Waals surface area contributed by atoms with Crippen LogP contribution >= 0.6 is 0 Å². The van der Waals surface area contributed by atoms with Crippen molar-refractivity contribution >= 4 is 5.97 Å². The largest absolute Gasteiger partial charge is 0.490 e. The van der Waals surface area contributed by atoms with E-state index >= 15 is 0 Å². The first-order valence-electron chi connectivity index (χ1n) is 6.92. The summed E-state index contributed by atoms with van der Waals surface area (Å²) >= 11 is 0. The van der Waals surface area contributed by atoms with Gasteiger partial charge < -0.3 is 20.7 Å². The summed E-state index contributed by atoms with van der Waals surface area (Å²) in [6.07, 6.45) is 2.88. The van der Waals surface area contributed by atoms with Crippen molar-refractivity contribution in [2.24, 2.45) is 5.73 Å². The topological polar surface area (TPSA) is 92.8 Å². The van der Waals surface area contributed by atoms with E-state index in [9.17, 15) is 9.90 Å². The fraction of sp³-hybridized carbons (Fsp3) is 0.533. The zero-order chi connectivity index (χ0) is 14.6. The highest BCUT2D eigenvalue weighted by Gasteiger charge is 2.40. The summed E-state index contributed by atoms with van der Waals surface area (Å²) in [6.45, 7) is 0.122. The molecule has 5 nitrogen and oxygen atoms in total. The monoisotopic (exact) mass is 279 g/mol. The van der Waals surface area contributed by atoms with Crippen molar-refractivity contribution in [1.29, 1.82) is 0 Å². The van der Waals surface area contributed by atoms with Crippen LogP contribution in [0.4, 0.5) is 0 Å². The second-order valence-electron chi connectivity index (χ2n) is 5.42. The maximum atomic E-state index is 11.2. The van der Waals surface area contributed by atoms with Gasteiger partial charge >= 0.3 is 5.97 Å². The van der Waals surface area contributed by atoms with Gasteiger partial charge in [-0.3, -0.25) is 4.79 Å². The lowest BCUT2D eigenvalue weighted by Gasteiger charge is -2.34. The van der Waals surface area contributed by atoms with Crippen molar-refractivity contribution in [3.8, 4) is 5.75 Å². The number of carboxylic acids is 1. The standard InChI is InChI=1S/C15H21NO4/c16-15(14(18)19)8-1-2-13(10-15)20-12-5-3-11(4-6-12)7-9-17/h3-6,13,17H,1-2,7-10,16H2,(H,18,19). The molecule has 1 aliphatic carbocycles. The normalized spacial score (nSPS) is 26.2. The van der Waals surface area contributed by atoms with E-state index < -0.39 is 11.5 Å². The van der Waals surface area contributed by atoms with Gasteiger partial charge in [0.1, 0.15) is 17.4 Å². The highest BCUT2D eigenvalue weighted by Crippen LogP contribution is 2.29. The van der Waals surface area contributed by atoms with Crippen molar-refractivity contribution in [2.75, 3.05) is 6.61 Å². The number of benzene rings is 1. The summed E-state index contributed by atoms with van der Waals surface area (Å²) in [5.74, 6) is -0.240. The first-order valence-corrected chi connectivity index (χ1v) is 6.92. The molecule has 0 aromatic heterocycles. The van der Waals surface area contributed by atoms with E-state index in [4.69, 9.17) is 15.6 Å². The molecule has 2 rings (SSSR count). The molecule has 0 bridgehead atoms. The number of aliphatic hydroxyl groups excluding tert-OH is 1.